The zero-order valence-electron chi connectivity index (χ0n) is 11.8. The normalized spacial score (nSPS) is 12.6. The monoisotopic (exact) mass is 300 g/mol. The van der Waals surface area contributed by atoms with Crippen LogP contribution in [-0.4, -0.2) is 39.6 Å². The molecule has 0 radical (unpaired) electrons. The first-order valence-electron chi connectivity index (χ1n) is 6.19. The quantitative estimate of drug-likeness (QED) is 0.836. The minimum absolute atomic E-state index is 0.0526. The number of urea groups is 1. The molecule has 0 saturated heterocycles. The van der Waals surface area contributed by atoms with Crippen molar-refractivity contribution in [2.75, 3.05) is 24.4 Å². The zero-order chi connectivity index (χ0) is 15.2. The summed E-state index contributed by atoms with van der Waals surface area (Å²) in [5, 5.41) is 5.35. The Balaban J connectivity index is 2.42. The number of hydrogen-bond donors (Lipinski definition) is 2. The highest BCUT2D eigenvalue weighted by Crippen LogP contribution is 2.14. The average Bonchev–Trinajstić information content (AvgIpc) is 2.36. The Hall–Kier alpha value is -1.76. The van der Waals surface area contributed by atoms with Crippen LogP contribution in [-0.2, 0) is 9.84 Å². The maximum absolute atomic E-state index is 11.7. The number of benzene rings is 1. The molecule has 112 valence electrons. The summed E-state index contributed by atoms with van der Waals surface area (Å²) in [6.07, 6.45) is 1.56. The van der Waals surface area contributed by atoms with Gasteiger partial charge in [0.15, 0.2) is 0 Å². The maximum Gasteiger partial charge on any atom is 0.319 e. The first-order valence-corrected chi connectivity index (χ1v) is 8.25. The molecule has 0 aliphatic rings. The number of rotatable bonds is 6. The number of ether oxygens (including phenoxy) is 1. The molecule has 1 aromatic rings. The second kappa shape index (κ2) is 7.14. The van der Waals surface area contributed by atoms with E-state index in [2.05, 4.69) is 10.6 Å². The number of carbonyl (C=O) groups excluding carboxylic acids is 1. The van der Waals surface area contributed by atoms with Gasteiger partial charge in [-0.15, -0.1) is 0 Å². The highest BCUT2D eigenvalue weighted by Gasteiger charge is 2.10. The highest BCUT2D eigenvalue weighted by atomic mass is 32.2. The van der Waals surface area contributed by atoms with Crippen molar-refractivity contribution in [1.82, 2.24) is 5.32 Å². The van der Waals surface area contributed by atoms with Crippen molar-refractivity contribution in [3.8, 4) is 5.75 Å². The Kier molecular flexibility index (Phi) is 5.82. The molecule has 0 heterocycles. The Labute approximate surface area is 119 Å². The van der Waals surface area contributed by atoms with Crippen LogP contribution in [0.25, 0.3) is 0 Å². The van der Waals surface area contributed by atoms with Gasteiger partial charge < -0.3 is 15.4 Å². The molecule has 1 atom stereocenters. The molecular formula is C13H20N2O4S. The van der Waals surface area contributed by atoms with Crippen molar-refractivity contribution in [2.45, 2.75) is 19.4 Å². The van der Waals surface area contributed by atoms with Crippen LogP contribution < -0.4 is 15.4 Å². The van der Waals surface area contributed by atoms with E-state index in [9.17, 15) is 13.2 Å². The Morgan fingerprint density at radius 1 is 1.30 bits per heavy atom. The third-order valence-electron chi connectivity index (χ3n) is 2.65. The number of anilines is 1. The van der Waals surface area contributed by atoms with E-state index in [-0.39, 0.29) is 17.8 Å². The summed E-state index contributed by atoms with van der Waals surface area (Å²) in [4.78, 5) is 11.7. The van der Waals surface area contributed by atoms with Crippen molar-refractivity contribution in [1.29, 1.82) is 0 Å². The molecule has 0 saturated carbocycles. The molecule has 0 aliphatic heterocycles. The van der Waals surface area contributed by atoms with Crippen LogP contribution in [0.1, 0.15) is 13.3 Å². The standard InChI is InChI=1S/C13H20N2O4S/c1-10(8-9-20(3,17)18)14-13(16)15-11-4-6-12(19-2)7-5-11/h4-7,10H,8-9H2,1-3H3,(H2,14,15,16)/t10-/m0/s1. The lowest BCUT2D eigenvalue weighted by atomic mass is 10.2. The third kappa shape index (κ3) is 6.42. The van der Waals surface area contributed by atoms with Crippen LogP contribution in [0.15, 0.2) is 24.3 Å². The van der Waals surface area contributed by atoms with E-state index in [0.29, 0.717) is 17.9 Å². The Morgan fingerprint density at radius 2 is 1.90 bits per heavy atom. The van der Waals surface area contributed by atoms with Gasteiger partial charge in [-0.1, -0.05) is 0 Å². The summed E-state index contributed by atoms with van der Waals surface area (Å²) in [6, 6.07) is 6.34. The van der Waals surface area contributed by atoms with E-state index in [1.165, 1.54) is 6.26 Å². The van der Waals surface area contributed by atoms with Gasteiger partial charge in [0, 0.05) is 18.0 Å². The molecule has 0 spiro atoms. The van der Waals surface area contributed by atoms with E-state index >= 15 is 0 Å². The van der Waals surface area contributed by atoms with Gasteiger partial charge in [-0.25, -0.2) is 13.2 Å². The molecule has 0 aromatic heterocycles. The minimum atomic E-state index is -3.01. The smallest absolute Gasteiger partial charge is 0.319 e. The fourth-order valence-electron chi connectivity index (χ4n) is 1.53. The molecule has 2 N–H and O–H groups in total. The van der Waals surface area contributed by atoms with Gasteiger partial charge in [0.2, 0.25) is 0 Å². The lowest BCUT2D eigenvalue weighted by Gasteiger charge is -2.14. The number of nitrogens with one attached hydrogen (secondary N) is 2. The molecule has 0 bridgehead atoms. The first-order chi connectivity index (χ1) is 9.30. The highest BCUT2D eigenvalue weighted by molar-refractivity contribution is 7.90. The number of amides is 2. The van der Waals surface area contributed by atoms with Crippen molar-refractivity contribution in [2.24, 2.45) is 0 Å². The van der Waals surface area contributed by atoms with Gasteiger partial charge in [-0.2, -0.15) is 0 Å². The van der Waals surface area contributed by atoms with E-state index in [4.69, 9.17) is 4.74 Å². The average molecular weight is 300 g/mol. The maximum atomic E-state index is 11.7. The van der Waals surface area contributed by atoms with Gasteiger partial charge in [0.05, 0.1) is 12.9 Å². The van der Waals surface area contributed by atoms with Crippen LogP contribution >= 0.6 is 0 Å². The van der Waals surface area contributed by atoms with Gasteiger partial charge in [-0.3, -0.25) is 0 Å². The summed E-state index contributed by atoms with van der Waals surface area (Å²) >= 11 is 0. The van der Waals surface area contributed by atoms with Crippen LogP contribution in [0.4, 0.5) is 10.5 Å². The summed E-state index contributed by atoms with van der Waals surface area (Å²) in [5.41, 5.74) is 0.638. The molecule has 1 aromatic carbocycles. The molecule has 1 rings (SSSR count). The lowest BCUT2D eigenvalue weighted by molar-refractivity contribution is 0.249. The molecule has 0 aliphatic carbocycles. The molecular weight excluding hydrogens is 280 g/mol. The fourth-order valence-corrected chi connectivity index (χ4v) is 2.31. The fraction of sp³-hybridized carbons (Fsp3) is 0.462. The van der Waals surface area contributed by atoms with Gasteiger partial charge in [-0.05, 0) is 37.6 Å². The largest absolute Gasteiger partial charge is 0.497 e. The van der Waals surface area contributed by atoms with Crippen molar-refractivity contribution in [3.63, 3.8) is 0 Å². The number of carbonyl (C=O) groups is 1. The van der Waals surface area contributed by atoms with Crippen LogP contribution in [0.5, 0.6) is 5.75 Å². The Morgan fingerprint density at radius 3 is 2.40 bits per heavy atom. The van der Waals surface area contributed by atoms with Gasteiger partial charge in [0.1, 0.15) is 15.6 Å². The summed E-state index contributed by atoms with van der Waals surface area (Å²) in [5.74, 6) is 0.759. The topological polar surface area (TPSA) is 84.5 Å². The van der Waals surface area contributed by atoms with Crippen LogP contribution in [0.2, 0.25) is 0 Å². The molecule has 0 unspecified atom stereocenters. The van der Waals surface area contributed by atoms with E-state index < -0.39 is 9.84 Å². The van der Waals surface area contributed by atoms with E-state index in [0.717, 1.165) is 0 Å². The zero-order valence-corrected chi connectivity index (χ0v) is 12.7. The summed E-state index contributed by atoms with van der Waals surface area (Å²) in [6.45, 7) is 1.76. The van der Waals surface area contributed by atoms with Gasteiger partial charge >= 0.3 is 6.03 Å². The minimum Gasteiger partial charge on any atom is -0.497 e. The van der Waals surface area contributed by atoms with Crippen molar-refractivity contribution in [3.05, 3.63) is 24.3 Å². The molecule has 2 amide bonds. The van der Waals surface area contributed by atoms with E-state index in [1.54, 1.807) is 38.3 Å². The molecule has 7 heteroatoms. The third-order valence-corrected chi connectivity index (χ3v) is 3.62. The second-order valence-corrected chi connectivity index (χ2v) is 6.91. The van der Waals surface area contributed by atoms with Crippen molar-refractivity contribution < 1.29 is 17.9 Å². The summed E-state index contributed by atoms with van der Waals surface area (Å²) < 4.78 is 27.1. The van der Waals surface area contributed by atoms with Crippen LogP contribution in [0, 0.1) is 0 Å². The Bertz CT molecular complexity index is 540. The number of hydrogen-bond acceptors (Lipinski definition) is 4. The van der Waals surface area contributed by atoms with E-state index in [1.807, 2.05) is 0 Å². The first kappa shape index (κ1) is 16.3. The molecule has 6 nitrogen and oxygen atoms in total. The second-order valence-electron chi connectivity index (χ2n) is 4.65. The van der Waals surface area contributed by atoms with Crippen LogP contribution in [0.3, 0.4) is 0 Å². The predicted octanol–water partition coefficient (Wildman–Crippen LogP) is 1.64. The lowest BCUT2D eigenvalue weighted by Crippen LogP contribution is -2.37. The van der Waals surface area contributed by atoms with Crippen molar-refractivity contribution >= 4 is 21.6 Å². The molecule has 0 fully saturated rings. The summed E-state index contributed by atoms with van der Waals surface area (Å²) in [7, 11) is -1.44. The van der Waals surface area contributed by atoms with Gasteiger partial charge in [0.25, 0.3) is 0 Å². The SMILES string of the molecule is COc1ccc(NC(=O)N[C@@H](C)CCS(C)(=O)=O)cc1. The number of sulfone groups is 1. The number of methoxy groups -OCH3 is 1. The predicted molar refractivity (Wildman–Crippen MR) is 78.9 cm³/mol. The molecule has 20 heavy (non-hydrogen) atoms.